The number of guanidine groups is 1. The summed E-state index contributed by atoms with van der Waals surface area (Å²) in [6.45, 7) is 5.52. The summed E-state index contributed by atoms with van der Waals surface area (Å²) in [5, 5.41) is 3.45. The van der Waals surface area contributed by atoms with Crippen molar-refractivity contribution in [1.29, 1.82) is 0 Å². The molecule has 1 aromatic carbocycles. The van der Waals surface area contributed by atoms with E-state index in [0.717, 1.165) is 57.9 Å². The largest absolute Gasteiger partial charge is 0.377 e. The highest BCUT2D eigenvalue weighted by Gasteiger charge is 2.32. The molecule has 4 rings (SSSR count). The molecule has 3 aliphatic rings. The number of carbonyl (C=O) groups is 1. The minimum atomic E-state index is 0. The second-order valence-corrected chi connectivity index (χ2v) is 8.32. The molecule has 7 nitrogen and oxygen atoms in total. The second kappa shape index (κ2) is 12.0. The molecule has 2 fully saturated rings. The van der Waals surface area contributed by atoms with Crippen molar-refractivity contribution in [2.24, 2.45) is 4.99 Å². The zero-order valence-electron chi connectivity index (χ0n) is 18.4. The van der Waals surface area contributed by atoms with Gasteiger partial charge in [-0.25, -0.2) is 0 Å². The SMILES string of the molecule is CN=C(NCCOCC1CCCO1)N1CC(CCN2CCCC2=O)c2ccccc21.I. The maximum atomic E-state index is 12.0. The molecule has 1 N–H and O–H groups in total. The third kappa shape index (κ3) is 6.10. The highest BCUT2D eigenvalue weighted by Crippen LogP contribution is 2.38. The standard InChI is InChI=1S/C23H34N4O3.HI/c1-24-23(25-11-15-29-17-19-6-5-14-30-19)27-16-18(20-7-2-3-8-21(20)27)10-13-26-12-4-9-22(26)28;/h2-3,7-8,18-19H,4-6,9-17H2,1H3,(H,24,25);1H. The topological polar surface area (TPSA) is 66.4 Å². The van der Waals surface area contributed by atoms with Crippen molar-refractivity contribution in [3.63, 3.8) is 0 Å². The summed E-state index contributed by atoms with van der Waals surface area (Å²) in [7, 11) is 1.83. The van der Waals surface area contributed by atoms with Crippen molar-refractivity contribution in [1.82, 2.24) is 10.2 Å². The first kappa shape index (κ1) is 24.3. The molecule has 0 aliphatic carbocycles. The Morgan fingerprint density at radius 2 is 2.19 bits per heavy atom. The van der Waals surface area contributed by atoms with Crippen LogP contribution in [0.15, 0.2) is 29.3 Å². The number of hydrogen-bond donors (Lipinski definition) is 1. The number of amides is 1. The third-order valence-electron chi connectivity index (χ3n) is 6.31. The smallest absolute Gasteiger partial charge is 0.222 e. The van der Waals surface area contributed by atoms with Crippen molar-refractivity contribution < 1.29 is 14.3 Å². The summed E-state index contributed by atoms with van der Waals surface area (Å²) >= 11 is 0. The Bertz CT molecular complexity index is 754. The number of benzene rings is 1. The van der Waals surface area contributed by atoms with E-state index in [2.05, 4.69) is 39.5 Å². The van der Waals surface area contributed by atoms with Crippen molar-refractivity contribution in [3.05, 3.63) is 29.8 Å². The Morgan fingerprint density at radius 1 is 1.32 bits per heavy atom. The van der Waals surface area contributed by atoms with Gasteiger partial charge in [0, 0.05) is 57.9 Å². The first-order valence-electron chi connectivity index (χ1n) is 11.3. The molecule has 2 unspecified atom stereocenters. The third-order valence-corrected chi connectivity index (χ3v) is 6.31. The number of carbonyl (C=O) groups excluding carboxylic acids is 1. The van der Waals surface area contributed by atoms with E-state index in [1.807, 2.05) is 11.9 Å². The number of ether oxygens (including phenoxy) is 2. The fourth-order valence-electron chi connectivity index (χ4n) is 4.72. The summed E-state index contributed by atoms with van der Waals surface area (Å²) in [5.41, 5.74) is 2.56. The van der Waals surface area contributed by atoms with Crippen molar-refractivity contribution in [2.75, 3.05) is 57.9 Å². The lowest BCUT2D eigenvalue weighted by Crippen LogP contribution is -2.42. The van der Waals surface area contributed by atoms with Gasteiger partial charge in [-0.05, 0) is 37.3 Å². The van der Waals surface area contributed by atoms with Crippen molar-refractivity contribution >= 4 is 41.5 Å². The van der Waals surface area contributed by atoms with Crippen LogP contribution in [0.5, 0.6) is 0 Å². The van der Waals surface area contributed by atoms with Gasteiger partial charge in [0.15, 0.2) is 5.96 Å². The van der Waals surface area contributed by atoms with Gasteiger partial charge in [0.05, 0.1) is 19.3 Å². The molecule has 1 amide bonds. The van der Waals surface area contributed by atoms with Gasteiger partial charge in [0.2, 0.25) is 5.91 Å². The lowest BCUT2D eigenvalue weighted by molar-refractivity contribution is -0.127. The van der Waals surface area contributed by atoms with E-state index in [1.165, 1.54) is 11.3 Å². The van der Waals surface area contributed by atoms with Crippen LogP contribution in [0.3, 0.4) is 0 Å². The fourth-order valence-corrected chi connectivity index (χ4v) is 4.72. The van der Waals surface area contributed by atoms with Gasteiger partial charge in [-0.2, -0.15) is 0 Å². The van der Waals surface area contributed by atoms with Crippen LogP contribution in [0.1, 0.15) is 43.6 Å². The van der Waals surface area contributed by atoms with Crippen LogP contribution in [0.25, 0.3) is 0 Å². The Balaban J connectivity index is 0.00000272. The summed E-state index contributed by atoms with van der Waals surface area (Å²) < 4.78 is 11.4. The Hall–Kier alpha value is -1.39. The molecule has 3 aliphatic heterocycles. The Kier molecular flexibility index (Phi) is 9.40. The number of nitrogens with one attached hydrogen (secondary N) is 1. The zero-order valence-corrected chi connectivity index (χ0v) is 20.8. The highest BCUT2D eigenvalue weighted by molar-refractivity contribution is 14.0. The summed E-state index contributed by atoms with van der Waals surface area (Å²) in [6.07, 6.45) is 5.19. The van der Waals surface area contributed by atoms with Gasteiger partial charge in [-0.15, -0.1) is 24.0 Å². The maximum absolute atomic E-state index is 12.0. The lowest BCUT2D eigenvalue weighted by atomic mass is 9.98. The first-order chi connectivity index (χ1) is 14.8. The Labute approximate surface area is 202 Å². The predicted molar refractivity (Wildman–Crippen MR) is 134 cm³/mol. The van der Waals surface area contributed by atoms with E-state index in [4.69, 9.17) is 9.47 Å². The predicted octanol–water partition coefficient (Wildman–Crippen LogP) is 2.99. The number of anilines is 1. The maximum Gasteiger partial charge on any atom is 0.222 e. The molecule has 0 spiro atoms. The van der Waals surface area contributed by atoms with Gasteiger partial charge in [-0.1, -0.05) is 18.2 Å². The van der Waals surface area contributed by atoms with Crippen LogP contribution >= 0.6 is 24.0 Å². The first-order valence-corrected chi connectivity index (χ1v) is 11.3. The second-order valence-electron chi connectivity index (χ2n) is 8.32. The van der Waals surface area contributed by atoms with Gasteiger partial charge in [0.1, 0.15) is 0 Å². The van der Waals surface area contributed by atoms with Crippen LogP contribution in [0.2, 0.25) is 0 Å². The number of rotatable bonds is 8. The van der Waals surface area contributed by atoms with Crippen LogP contribution in [-0.2, 0) is 14.3 Å². The van der Waals surface area contributed by atoms with Gasteiger partial charge in [-0.3, -0.25) is 9.79 Å². The molecule has 172 valence electrons. The van der Waals surface area contributed by atoms with Crippen molar-refractivity contribution in [2.45, 2.75) is 44.1 Å². The summed E-state index contributed by atoms with van der Waals surface area (Å²) in [6, 6.07) is 8.56. The number of nitrogens with zero attached hydrogens (tertiary/aromatic N) is 3. The molecule has 0 radical (unpaired) electrons. The number of hydrogen-bond acceptors (Lipinski definition) is 4. The van der Waals surface area contributed by atoms with Gasteiger partial charge < -0.3 is 24.6 Å². The zero-order chi connectivity index (χ0) is 20.8. The van der Waals surface area contributed by atoms with Gasteiger partial charge in [0.25, 0.3) is 0 Å². The van der Waals surface area contributed by atoms with E-state index in [0.29, 0.717) is 38.0 Å². The van der Waals surface area contributed by atoms with E-state index >= 15 is 0 Å². The summed E-state index contributed by atoms with van der Waals surface area (Å²) in [4.78, 5) is 20.8. The minimum Gasteiger partial charge on any atom is -0.377 e. The van der Waals surface area contributed by atoms with Crippen LogP contribution in [0, 0.1) is 0 Å². The minimum absolute atomic E-state index is 0. The van der Waals surface area contributed by atoms with Gasteiger partial charge >= 0.3 is 0 Å². The Morgan fingerprint density at radius 3 is 2.94 bits per heavy atom. The molecule has 0 saturated carbocycles. The molecular formula is C23H35IN4O3. The highest BCUT2D eigenvalue weighted by atomic mass is 127. The van der Waals surface area contributed by atoms with E-state index in [9.17, 15) is 4.79 Å². The lowest BCUT2D eigenvalue weighted by Gasteiger charge is -2.23. The molecule has 8 heteroatoms. The molecule has 2 atom stereocenters. The number of para-hydroxylation sites is 1. The van der Waals surface area contributed by atoms with Crippen molar-refractivity contribution in [3.8, 4) is 0 Å². The van der Waals surface area contributed by atoms with E-state index in [1.54, 1.807) is 0 Å². The average molecular weight is 542 g/mol. The van der Waals surface area contributed by atoms with Crippen LogP contribution in [-0.4, -0.2) is 75.9 Å². The van der Waals surface area contributed by atoms with E-state index in [-0.39, 0.29) is 30.1 Å². The van der Waals surface area contributed by atoms with Crippen LogP contribution in [0.4, 0.5) is 5.69 Å². The molecule has 0 bridgehead atoms. The van der Waals surface area contributed by atoms with Crippen LogP contribution < -0.4 is 10.2 Å². The number of likely N-dealkylation sites (tertiary alicyclic amines) is 1. The number of fused-ring (bicyclic) bond motifs is 1. The molecule has 3 heterocycles. The number of aliphatic imine (C=N–C) groups is 1. The molecule has 31 heavy (non-hydrogen) atoms. The monoisotopic (exact) mass is 542 g/mol. The normalized spacial score (nSPS) is 23.3. The molecule has 1 aromatic rings. The average Bonchev–Trinajstić information content (AvgIpc) is 3.50. The quantitative estimate of drug-likeness (QED) is 0.237. The van der Waals surface area contributed by atoms with E-state index < -0.39 is 0 Å². The fraction of sp³-hybridized carbons (Fsp3) is 0.652. The summed E-state index contributed by atoms with van der Waals surface area (Å²) in [5.74, 6) is 1.59. The molecule has 0 aromatic heterocycles. The molecular weight excluding hydrogens is 507 g/mol. The number of halogens is 1. The molecule has 2 saturated heterocycles.